The summed E-state index contributed by atoms with van der Waals surface area (Å²) in [7, 11) is 0. The molecule has 0 atom stereocenters. The van der Waals surface area contributed by atoms with Crippen LogP contribution in [0.3, 0.4) is 0 Å². The number of hydrogen-bond acceptors (Lipinski definition) is 4. The first kappa shape index (κ1) is 6.86. The van der Waals surface area contributed by atoms with E-state index in [2.05, 4.69) is 27.1 Å². The Labute approximate surface area is 62.7 Å². The van der Waals surface area contributed by atoms with Gasteiger partial charge in [0, 0.05) is 6.08 Å². The fourth-order valence-corrected chi connectivity index (χ4v) is 0.546. The van der Waals surface area contributed by atoms with Crippen LogP contribution >= 0.6 is 12.2 Å². The molecule has 1 rings (SSSR count). The highest BCUT2D eigenvalue weighted by Gasteiger charge is 2.07. The first-order valence-electron chi connectivity index (χ1n) is 2.50. The molecule has 0 amide bonds. The van der Waals surface area contributed by atoms with Gasteiger partial charge in [0.1, 0.15) is 0 Å². The van der Waals surface area contributed by atoms with Crippen LogP contribution in [0, 0.1) is 0 Å². The molecule has 0 saturated heterocycles. The molecule has 10 heavy (non-hydrogen) atoms. The summed E-state index contributed by atoms with van der Waals surface area (Å²) < 4.78 is 4.59. The number of rotatable bonds is 1. The normalized spacial score (nSPS) is 18.8. The largest absolute Gasteiger partial charge is 0.422 e. The van der Waals surface area contributed by atoms with Gasteiger partial charge in [-0.2, -0.15) is 4.99 Å². The van der Waals surface area contributed by atoms with Gasteiger partial charge in [0.05, 0.1) is 11.4 Å². The quantitative estimate of drug-likeness (QED) is 0.321. The average molecular weight is 153 g/mol. The predicted molar refractivity (Wildman–Crippen MR) is 38.3 cm³/mol. The van der Waals surface area contributed by atoms with Gasteiger partial charge in [0.25, 0.3) is 0 Å². The van der Waals surface area contributed by atoms with Crippen LogP contribution in [0.15, 0.2) is 29.1 Å². The number of cyclic esters (lactones) is 1. The third-order valence-corrected chi connectivity index (χ3v) is 0.952. The number of nitrogens with zero attached hydrogens (tertiary/aromatic N) is 1. The lowest BCUT2D eigenvalue weighted by molar-refractivity contribution is -0.132. The van der Waals surface area contributed by atoms with E-state index in [9.17, 15) is 4.79 Å². The molecule has 3 nitrogen and oxygen atoms in total. The van der Waals surface area contributed by atoms with Gasteiger partial charge in [-0.05, 0) is 18.3 Å². The van der Waals surface area contributed by atoms with Gasteiger partial charge in [-0.15, -0.1) is 0 Å². The first-order valence-corrected chi connectivity index (χ1v) is 2.91. The third kappa shape index (κ3) is 1.62. The molecule has 0 N–H and O–H groups in total. The fraction of sp³-hybridized carbons (Fsp3) is 0. The molecule has 0 saturated carbocycles. The zero-order valence-electron chi connectivity index (χ0n) is 4.90. The Bertz CT molecular complexity index is 261. The van der Waals surface area contributed by atoms with E-state index >= 15 is 0 Å². The summed E-state index contributed by atoms with van der Waals surface area (Å²) in [6, 6.07) is 0. The molecule has 0 spiro atoms. The van der Waals surface area contributed by atoms with Crippen LogP contribution in [-0.4, -0.2) is 11.1 Å². The van der Waals surface area contributed by atoms with E-state index in [1.54, 1.807) is 0 Å². The van der Waals surface area contributed by atoms with Crippen LogP contribution in [0.2, 0.25) is 0 Å². The third-order valence-electron chi connectivity index (χ3n) is 0.847. The first-order chi connectivity index (χ1) is 4.83. The summed E-state index contributed by atoms with van der Waals surface area (Å²) >= 11 is 4.29. The summed E-state index contributed by atoms with van der Waals surface area (Å²) in [4.78, 5) is 13.8. The van der Waals surface area contributed by atoms with Crippen LogP contribution in [0.4, 0.5) is 0 Å². The van der Waals surface area contributed by atoms with Crippen LogP contribution in [0.1, 0.15) is 0 Å². The molecule has 0 bridgehead atoms. The summed E-state index contributed by atoms with van der Waals surface area (Å²) in [6.45, 7) is 0. The molecule has 0 aromatic carbocycles. The number of ether oxygens (including phenoxy) is 1. The zero-order valence-corrected chi connectivity index (χ0v) is 5.72. The molecule has 4 heteroatoms. The van der Waals surface area contributed by atoms with Crippen molar-refractivity contribution >= 4 is 23.3 Å². The van der Waals surface area contributed by atoms with Crippen molar-refractivity contribution in [2.75, 3.05) is 0 Å². The lowest BCUT2D eigenvalue weighted by Crippen LogP contribution is -1.89. The Hall–Kier alpha value is -1.25. The van der Waals surface area contributed by atoms with Gasteiger partial charge in [-0.1, -0.05) is 0 Å². The highest BCUT2D eigenvalue weighted by Crippen LogP contribution is 2.07. The Balaban J connectivity index is 2.70. The topological polar surface area (TPSA) is 38.7 Å². The highest BCUT2D eigenvalue weighted by atomic mass is 32.1. The summed E-state index contributed by atoms with van der Waals surface area (Å²) in [5.74, 6) is 0.00756. The Morgan fingerprint density at radius 1 is 1.70 bits per heavy atom. The fourth-order valence-electron chi connectivity index (χ4n) is 0.494. The van der Waals surface area contributed by atoms with Crippen molar-refractivity contribution in [3.05, 3.63) is 24.1 Å². The van der Waals surface area contributed by atoms with E-state index in [0.29, 0.717) is 5.76 Å². The Morgan fingerprint density at radius 3 is 3.00 bits per heavy atom. The number of esters is 1. The van der Waals surface area contributed by atoms with Crippen molar-refractivity contribution in [2.24, 2.45) is 4.99 Å². The smallest absolute Gasteiger partial charge is 0.336 e. The standard InChI is InChI=1S/C6H3NO2S/c8-6-2-1-5(9-6)3-7-4-10/h1-3H/b5-3-. The van der Waals surface area contributed by atoms with Gasteiger partial charge in [-0.25, -0.2) is 4.79 Å². The molecule has 1 aliphatic heterocycles. The van der Waals surface area contributed by atoms with E-state index in [1.807, 2.05) is 0 Å². The summed E-state index contributed by atoms with van der Waals surface area (Å²) in [5.41, 5.74) is 0. The summed E-state index contributed by atoms with van der Waals surface area (Å²) in [6.07, 6.45) is 4.15. The average Bonchev–Trinajstić information content (AvgIpc) is 2.31. The van der Waals surface area contributed by atoms with E-state index < -0.39 is 0 Å². The van der Waals surface area contributed by atoms with Crippen molar-refractivity contribution in [2.45, 2.75) is 0 Å². The number of hydrogen-bond donors (Lipinski definition) is 0. The number of isothiocyanates is 1. The van der Waals surface area contributed by atoms with E-state index in [0.717, 1.165) is 0 Å². The Morgan fingerprint density at radius 2 is 2.50 bits per heavy atom. The van der Waals surface area contributed by atoms with Crippen LogP contribution in [-0.2, 0) is 9.53 Å². The number of allylic oxidation sites excluding steroid dienone is 1. The van der Waals surface area contributed by atoms with E-state index in [4.69, 9.17) is 0 Å². The maximum Gasteiger partial charge on any atom is 0.336 e. The molecule has 0 unspecified atom stereocenters. The molecule has 1 aliphatic rings. The summed E-state index contributed by atoms with van der Waals surface area (Å²) in [5, 5.41) is 2.12. The second kappa shape index (κ2) is 3.06. The maximum absolute atomic E-state index is 10.4. The molecule has 0 aromatic heterocycles. The van der Waals surface area contributed by atoms with Crippen molar-refractivity contribution in [1.82, 2.24) is 0 Å². The molecule has 0 aliphatic carbocycles. The molecular weight excluding hydrogens is 150 g/mol. The maximum atomic E-state index is 10.4. The van der Waals surface area contributed by atoms with Gasteiger partial charge in [0.2, 0.25) is 0 Å². The zero-order chi connectivity index (χ0) is 7.40. The van der Waals surface area contributed by atoms with Crippen molar-refractivity contribution in [1.29, 1.82) is 0 Å². The molecule has 0 radical (unpaired) electrons. The van der Waals surface area contributed by atoms with Gasteiger partial charge >= 0.3 is 5.97 Å². The SMILES string of the molecule is O=C1C=C/C(=C/N=C=S)O1. The second-order valence-corrected chi connectivity index (χ2v) is 1.69. The van der Waals surface area contributed by atoms with Gasteiger partial charge < -0.3 is 4.74 Å². The van der Waals surface area contributed by atoms with Crippen molar-refractivity contribution < 1.29 is 9.53 Å². The van der Waals surface area contributed by atoms with E-state index in [1.165, 1.54) is 18.4 Å². The van der Waals surface area contributed by atoms with Crippen LogP contribution in [0.5, 0.6) is 0 Å². The lowest BCUT2D eigenvalue weighted by Gasteiger charge is -1.88. The number of aliphatic imine (C=N–C) groups is 1. The van der Waals surface area contributed by atoms with Crippen LogP contribution in [0.25, 0.3) is 0 Å². The minimum absolute atomic E-state index is 0.384. The van der Waals surface area contributed by atoms with Crippen molar-refractivity contribution in [3.63, 3.8) is 0 Å². The molecule has 50 valence electrons. The van der Waals surface area contributed by atoms with E-state index in [-0.39, 0.29) is 5.97 Å². The lowest BCUT2D eigenvalue weighted by atomic mass is 10.5. The molecule has 1 heterocycles. The highest BCUT2D eigenvalue weighted by molar-refractivity contribution is 7.78. The van der Waals surface area contributed by atoms with Crippen molar-refractivity contribution in [3.8, 4) is 0 Å². The van der Waals surface area contributed by atoms with Crippen LogP contribution < -0.4 is 0 Å². The predicted octanol–water partition coefficient (Wildman–Crippen LogP) is 1.04. The minimum Gasteiger partial charge on any atom is -0.422 e. The molecular formula is C6H3NO2S. The molecule has 0 aromatic rings. The monoisotopic (exact) mass is 153 g/mol. The number of carbonyl (C=O) groups is 1. The van der Waals surface area contributed by atoms with Gasteiger partial charge in [-0.3, -0.25) is 0 Å². The number of thiocarbonyl (C=S) groups is 1. The van der Waals surface area contributed by atoms with Gasteiger partial charge in [0.15, 0.2) is 5.76 Å². The minimum atomic E-state index is -0.384. The number of carbonyl (C=O) groups excluding carboxylic acids is 1. The Kier molecular flexibility index (Phi) is 2.10. The molecule has 0 fully saturated rings. The second-order valence-electron chi connectivity index (χ2n) is 1.51.